The lowest BCUT2D eigenvalue weighted by Gasteiger charge is -2.27. The highest BCUT2D eigenvalue weighted by Gasteiger charge is 2.34. The SMILES string of the molecule is O=C(N[C@H](Nc1ccc(Cl)c(Cl)c1)C(Cl)(Cl)Cl)OC[C@@H]1CCCO1. The molecule has 5 nitrogen and oxygen atoms in total. The molecule has 0 bridgehead atoms. The fourth-order valence-corrected chi connectivity index (χ4v) is 2.68. The minimum Gasteiger partial charge on any atom is -0.447 e. The third-order valence-corrected chi connectivity index (χ3v) is 4.64. The molecule has 1 saturated heterocycles. The van der Waals surface area contributed by atoms with E-state index in [0.29, 0.717) is 22.3 Å². The minimum atomic E-state index is -1.82. The molecule has 0 spiro atoms. The van der Waals surface area contributed by atoms with Crippen LogP contribution in [0.5, 0.6) is 0 Å². The number of carbonyl (C=O) groups is 1. The molecule has 1 aliphatic rings. The van der Waals surface area contributed by atoms with E-state index in [-0.39, 0.29) is 12.7 Å². The first-order valence-corrected chi connectivity index (χ1v) is 8.98. The van der Waals surface area contributed by atoms with Crippen molar-refractivity contribution in [1.82, 2.24) is 5.32 Å². The van der Waals surface area contributed by atoms with E-state index in [9.17, 15) is 4.79 Å². The van der Waals surface area contributed by atoms with Gasteiger partial charge in [-0.05, 0) is 31.0 Å². The van der Waals surface area contributed by atoms with Crippen LogP contribution in [0.15, 0.2) is 18.2 Å². The Balaban J connectivity index is 1.94. The highest BCUT2D eigenvalue weighted by molar-refractivity contribution is 6.68. The number of halogens is 5. The molecular formula is C14H15Cl5N2O3. The van der Waals surface area contributed by atoms with Crippen molar-refractivity contribution in [1.29, 1.82) is 0 Å². The number of hydrogen-bond donors (Lipinski definition) is 2. The van der Waals surface area contributed by atoms with Crippen molar-refractivity contribution in [3.8, 4) is 0 Å². The van der Waals surface area contributed by atoms with Crippen molar-refractivity contribution < 1.29 is 14.3 Å². The topological polar surface area (TPSA) is 59.6 Å². The Morgan fingerprint density at radius 2 is 2.08 bits per heavy atom. The van der Waals surface area contributed by atoms with E-state index in [0.717, 1.165) is 12.8 Å². The summed E-state index contributed by atoms with van der Waals surface area (Å²) in [6.07, 6.45) is -0.0651. The molecule has 0 aliphatic carbocycles. The van der Waals surface area contributed by atoms with Crippen LogP contribution in [0, 0.1) is 0 Å². The second-order valence-corrected chi connectivity index (χ2v) is 8.31. The van der Waals surface area contributed by atoms with E-state index < -0.39 is 16.1 Å². The molecule has 0 saturated carbocycles. The molecule has 1 amide bonds. The lowest BCUT2D eigenvalue weighted by molar-refractivity contribution is 0.0432. The zero-order valence-electron chi connectivity index (χ0n) is 12.3. The molecule has 2 N–H and O–H groups in total. The van der Waals surface area contributed by atoms with Gasteiger partial charge in [0.15, 0.2) is 0 Å². The summed E-state index contributed by atoms with van der Waals surface area (Å²) in [5.41, 5.74) is 0.514. The van der Waals surface area contributed by atoms with Crippen molar-refractivity contribution in [2.45, 2.75) is 28.9 Å². The van der Waals surface area contributed by atoms with Gasteiger partial charge in [-0.2, -0.15) is 0 Å². The number of benzene rings is 1. The van der Waals surface area contributed by atoms with Gasteiger partial charge in [0, 0.05) is 12.3 Å². The Bertz CT molecular complexity index is 576. The molecule has 1 aromatic rings. The molecule has 0 unspecified atom stereocenters. The van der Waals surface area contributed by atoms with E-state index in [1.54, 1.807) is 18.2 Å². The molecule has 1 heterocycles. The maximum atomic E-state index is 11.9. The summed E-state index contributed by atoms with van der Waals surface area (Å²) in [5.74, 6) is 0. The maximum absolute atomic E-state index is 11.9. The van der Waals surface area contributed by atoms with Gasteiger partial charge in [0.2, 0.25) is 3.79 Å². The van der Waals surface area contributed by atoms with E-state index in [1.165, 1.54) is 0 Å². The van der Waals surface area contributed by atoms with Crippen LogP contribution < -0.4 is 10.6 Å². The van der Waals surface area contributed by atoms with Gasteiger partial charge < -0.3 is 14.8 Å². The fraction of sp³-hybridized carbons (Fsp3) is 0.500. The van der Waals surface area contributed by atoms with Gasteiger partial charge in [-0.1, -0.05) is 58.0 Å². The molecule has 10 heteroatoms. The maximum Gasteiger partial charge on any atom is 0.408 e. The van der Waals surface area contributed by atoms with Crippen molar-refractivity contribution in [2.75, 3.05) is 18.5 Å². The summed E-state index contributed by atoms with van der Waals surface area (Å²) in [7, 11) is 0. The first kappa shape index (κ1) is 20.0. The summed E-state index contributed by atoms with van der Waals surface area (Å²) in [6, 6.07) is 4.76. The predicted octanol–water partition coefficient (Wildman–Crippen LogP) is 5.01. The molecular weight excluding hydrogens is 421 g/mol. The smallest absolute Gasteiger partial charge is 0.408 e. The second kappa shape index (κ2) is 8.88. The molecule has 134 valence electrons. The largest absolute Gasteiger partial charge is 0.447 e. The number of anilines is 1. The van der Waals surface area contributed by atoms with Crippen molar-refractivity contribution in [3.63, 3.8) is 0 Å². The van der Waals surface area contributed by atoms with Gasteiger partial charge in [-0.15, -0.1) is 0 Å². The van der Waals surface area contributed by atoms with Crippen molar-refractivity contribution in [2.24, 2.45) is 0 Å². The van der Waals surface area contributed by atoms with Crippen LogP contribution in [-0.4, -0.2) is 35.4 Å². The van der Waals surface area contributed by atoms with Gasteiger partial charge in [0.1, 0.15) is 12.8 Å². The summed E-state index contributed by atoms with van der Waals surface area (Å²) in [6.45, 7) is 0.816. The standard InChI is InChI=1S/C14H15Cl5N2O3/c15-10-4-3-8(6-11(10)16)20-12(14(17,18)19)21-13(22)24-7-9-2-1-5-23-9/h3-4,6,9,12,20H,1-2,5,7H2,(H,21,22)/t9-,12-/m0/s1. The van der Waals surface area contributed by atoms with Gasteiger partial charge in [-0.3, -0.25) is 5.32 Å². The summed E-state index contributed by atoms with van der Waals surface area (Å²) in [4.78, 5) is 11.9. The monoisotopic (exact) mass is 434 g/mol. The highest BCUT2D eigenvalue weighted by Crippen LogP contribution is 2.32. The van der Waals surface area contributed by atoms with Gasteiger partial charge in [-0.25, -0.2) is 4.79 Å². The Hall–Kier alpha value is -0.300. The normalized spacial score (nSPS) is 19.0. The van der Waals surface area contributed by atoms with Crippen LogP contribution in [0.3, 0.4) is 0 Å². The summed E-state index contributed by atoms with van der Waals surface area (Å²) < 4.78 is 8.64. The molecule has 0 aromatic heterocycles. The lowest BCUT2D eigenvalue weighted by atomic mass is 10.2. The molecule has 1 aliphatic heterocycles. The number of amides is 1. The molecule has 24 heavy (non-hydrogen) atoms. The summed E-state index contributed by atoms with van der Waals surface area (Å²) in [5, 5.41) is 6.04. The Kier molecular flexibility index (Phi) is 7.40. The van der Waals surface area contributed by atoms with Crippen LogP contribution in [0.1, 0.15) is 12.8 Å². The number of rotatable bonds is 5. The zero-order chi connectivity index (χ0) is 17.7. The van der Waals surface area contributed by atoms with Crippen molar-refractivity contribution >= 4 is 69.8 Å². The number of hydrogen-bond acceptors (Lipinski definition) is 4. The summed E-state index contributed by atoms with van der Waals surface area (Å²) >= 11 is 29.5. The molecule has 1 fully saturated rings. The molecule has 2 atom stereocenters. The van der Waals surface area contributed by atoms with Crippen LogP contribution in [0.4, 0.5) is 10.5 Å². The first-order chi connectivity index (χ1) is 11.3. The third kappa shape index (κ3) is 6.21. The fourth-order valence-electron chi connectivity index (χ4n) is 2.06. The number of nitrogens with one attached hydrogen (secondary N) is 2. The third-order valence-electron chi connectivity index (χ3n) is 3.24. The highest BCUT2D eigenvalue weighted by atomic mass is 35.6. The second-order valence-electron chi connectivity index (χ2n) is 5.13. The van der Waals surface area contributed by atoms with E-state index in [2.05, 4.69) is 10.6 Å². The van der Waals surface area contributed by atoms with E-state index in [1.807, 2.05) is 0 Å². The Morgan fingerprint density at radius 1 is 1.33 bits per heavy atom. The predicted molar refractivity (Wildman–Crippen MR) is 97.6 cm³/mol. The van der Waals surface area contributed by atoms with Crippen LogP contribution in [-0.2, 0) is 9.47 Å². The van der Waals surface area contributed by atoms with Crippen LogP contribution in [0.25, 0.3) is 0 Å². The number of alkyl carbamates (subject to hydrolysis) is 1. The number of carbonyl (C=O) groups excluding carboxylic acids is 1. The van der Waals surface area contributed by atoms with Gasteiger partial charge in [0.05, 0.1) is 16.1 Å². The Labute approximate surface area is 164 Å². The first-order valence-electron chi connectivity index (χ1n) is 7.09. The van der Waals surface area contributed by atoms with Crippen LogP contribution in [0.2, 0.25) is 10.0 Å². The van der Waals surface area contributed by atoms with E-state index in [4.69, 9.17) is 67.5 Å². The number of alkyl halides is 3. The van der Waals surface area contributed by atoms with Crippen molar-refractivity contribution in [3.05, 3.63) is 28.2 Å². The zero-order valence-corrected chi connectivity index (χ0v) is 16.1. The number of ether oxygens (including phenoxy) is 2. The average molecular weight is 437 g/mol. The Morgan fingerprint density at radius 3 is 2.67 bits per heavy atom. The van der Waals surface area contributed by atoms with Crippen LogP contribution >= 0.6 is 58.0 Å². The van der Waals surface area contributed by atoms with E-state index >= 15 is 0 Å². The molecule has 2 rings (SSSR count). The molecule has 0 radical (unpaired) electrons. The lowest BCUT2D eigenvalue weighted by Crippen LogP contribution is -2.49. The van der Waals surface area contributed by atoms with Gasteiger partial charge in [0.25, 0.3) is 0 Å². The van der Waals surface area contributed by atoms with Gasteiger partial charge >= 0.3 is 6.09 Å². The average Bonchev–Trinajstić information content (AvgIpc) is 3.00. The minimum absolute atomic E-state index is 0.0926. The quantitative estimate of drug-likeness (QED) is 0.503. The molecule has 1 aromatic carbocycles.